The Hall–Kier alpha value is -3.21. The highest BCUT2D eigenvalue weighted by Crippen LogP contribution is 2.28. The van der Waals surface area contributed by atoms with Crippen LogP contribution in [0.1, 0.15) is 38.3 Å². The summed E-state index contributed by atoms with van der Waals surface area (Å²) >= 11 is 0. The van der Waals surface area contributed by atoms with Crippen LogP contribution in [0.2, 0.25) is 0 Å². The molecule has 1 unspecified atom stereocenters. The molecule has 152 valence electrons. The average Bonchev–Trinajstić information content (AvgIpc) is 2.74. The maximum absolute atomic E-state index is 12.7. The van der Waals surface area contributed by atoms with Crippen molar-refractivity contribution in [2.24, 2.45) is 5.92 Å². The van der Waals surface area contributed by atoms with Crippen molar-refractivity contribution < 1.29 is 14.3 Å². The second kappa shape index (κ2) is 9.32. The summed E-state index contributed by atoms with van der Waals surface area (Å²) in [6.07, 6.45) is 1.79. The molecule has 0 spiro atoms. The lowest BCUT2D eigenvalue weighted by Crippen LogP contribution is -2.48. The van der Waals surface area contributed by atoms with E-state index in [0.29, 0.717) is 29.9 Å². The van der Waals surface area contributed by atoms with Crippen LogP contribution in [0.5, 0.6) is 0 Å². The van der Waals surface area contributed by atoms with Crippen molar-refractivity contribution in [2.75, 3.05) is 31.1 Å². The number of aromatic nitrogens is 2. The molecule has 8 heteroatoms. The van der Waals surface area contributed by atoms with Crippen LogP contribution in [0.4, 0.5) is 5.82 Å². The van der Waals surface area contributed by atoms with E-state index in [2.05, 4.69) is 15.3 Å². The molecule has 1 aromatic heterocycles. The molecule has 2 heterocycles. The number of fused-ring (bicyclic) bond motifs is 1. The highest BCUT2D eigenvalue weighted by molar-refractivity contribution is 5.87. The lowest BCUT2D eigenvalue weighted by Gasteiger charge is -2.29. The van der Waals surface area contributed by atoms with E-state index in [1.807, 2.05) is 38.1 Å². The van der Waals surface area contributed by atoms with Crippen LogP contribution in [0.25, 0.3) is 11.0 Å². The maximum atomic E-state index is 12.7. The Labute approximate surface area is 169 Å². The van der Waals surface area contributed by atoms with Crippen molar-refractivity contribution in [3.8, 4) is 6.07 Å². The highest BCUT2D eigenvalue weighted by Gasteiger charge is 2.31. The van der Waals surface area contributed by atoms with Gasteiger partial charge in [-0.05, 0) is 18.1 Å². The molecule has 1 saturated heterocycles. The highest BCUT2D eigenvalue weighted by atomic mass is 16.5. The molecular weight excluding hydrogens is 370 g/mol. The lowest BCUT2D eigenvalue weighted by molar-refractivity contribution is -0.145. The number of rotatable bonds is 7. The minimum absolute atomic E-state index is 0.0982. The van der Waals surface area contributed by atoms with Crippen LogP contribution >= 0.6 is 0 Å². The number of hydrogen-bond acceptors (Lipinski definition) is 7. The van der Waals surface area contributed by atoms with Gasteiger partial charge in [-0.25, -0.2) is 9.97 Å². The number of carbonyl (C=O) groups is 2. The third kappa shape index (κ3) is 4.62. The number of nitriles is 1. The summed E-state index contributed by atoms with van der Waals surface area (Å²) in [5, 5.41) is 12.5. The molecule has 0 radical (unpaired) electrons. The zero-order valence-corrected chi connectivity index (χ0v) is 16.7. The van der Waals surface area contributed by atoms with E-state index in [9.17, 15) is 14.9 Å². The van der Waals surface area contributed by atoms with Crippen LogP contribution < -0.4 is 10.2 Å². The number of hydrogen-bond donors (Lipinski definition) is 1. The van der Waals surface area contributed by atoms with E-state index in [1.165, 1.54) is 0 Å². The van der Waals surface area contributed by atoms with Gasteiger partial charge in [-0.2, -0.15) is 5.26 Å². The molecule has 1 N–H and O–H groups in total. The van der Waals surface area contributed by atoms with Crippen molar-refractivity contribution in [2.45, 2.75) is 32.6 Å². The van der Waals surface area contributed by atoms with E-state index in [1.54, 1.807) is 11.0 Å². The van der Waals surface area contributed by atoms with Crippen LogP contribution in [0.15, 0.2) is 24.3 Å². The monoisotopic (exact) mass is 395 g/mol. The van der Waals surface area contributed by atoms with Gasteiger partial charge in [0.15, 0.2) is 11.7 Å². The fraction of sp³-hybridized carbons (Fsp3) is 0.476. The van der Waals surface area contributed by atoms with E-state index < -0.39 is 11.9 Å². The first-order valence-corrected chi connectivity index (χ1v) is 9.91. The van der Waals surface area contributed by atoms with E-state index in [4.69, 9.17) is 4.74 Å². The van der Waals surface area contributed by atoms with E-state index >= 15 is 0 Å². The van der Waals surface area contributed by atoms with Crippen LogP contribution in [-0.2, 0) is 14.3 Å². The van der Waals surface area contributed by atoms with Gasteiger partial charge in [0.1, 0.15) is 5.69 Å². The Morgan fingerprint density at radius 2 is 1.97 bits per heavy atom. The maximum Gasteiger partial charge on any atom is 0.329 e. The van der Waals surface area contributed by atoms with Gasteiger partial charge in [-0.15, -0.1) is 0 Å². The molecule has 1 aliphatic rings. The molecule has 8 nitrogen and oxygen atoms in total. The van der Waals surface area contributed by atoms with Crippen LogP contribution in [-0.4, -0.2) is 48.1 Å². The number of anilines is 1. The molecule has 1 amide bonds. The molecule has 0 bridgehead atoms. The van der Waals surface area contributed by atoms with Gasteiger partial charge in [0.25, 0.3) is 0 Å². The van der Waals surface area contributed by atoms with Gasteiger partial charge in [0.05, 0.1) is 30.3 Å². The smallest absolute Gasteiger partial charge is 0.329 e. The Bertz CT molecular complexity index is 936. The fourth-order valence-electron chi connectivity index (χ4n) is 3.28. The number of nitrogens with one attached hydrogen (secondary N) is 1. The number of benzene rings is 1. The lowest BCUT2D eigenvalue weighted by atomic mass is 10.0. The molecule has 1 aromatic carbocycles. The summed E-state index contributed by atoms with van der Waals surface area (Å²) in [7, 11) is 0. The molecule has 0 aliphatic carbocycles. The Balaban J connectivity index is 1.98. The van der Waals surface area contributed by atoms with Crippen molar-refractivity contribution in [1.82, 2.24) is 15.3 Å². The van der Waals surface area contributed by atoms with E-state index in [0.717, 1.165) is 12.8 Å². The van der Waals surface area contributed by atoms with Gasteiger partial charge in [0.2, 0.25) is 5.91 Å². The number of ether oxygens (including phenoxy) is 1. The van der Waals surface area contributed by atoms with Gasteiger partial charge in [-0.1, -0.05) is 38.8 Å². The topological polar surface area (TPSA) is 108 Å². The minimum Gasteiger partial charge on any atom is -0.464 e. The zero-order chi connectivity index (χ0) is 20.8. The second-order valence-corrected chi connectivity index (χ2v) is 7.07. The number of para-hydroxylation sites is 2. The largest absolute Gasteiger partial charge is 0.464 e. The fourth-order valence-corrected chi connectivity index (χ4v) is 3.28. The normalized spacial score (nSPS) is 15.1. The molecule has 1 atom stereocenters. The third-order valence-electron chi connectivity index (χ3n) is 5.17. The predicted octanol–water partition coefficient (Wildman–Crippen LogP) is 2.15. The van der Waals surface area contributed by atoms with Gasteiger partial charge in [0, 0.05) is 13.1 Å². The summed E-state index contributed by atoms with van der Waals surface area (Å²) < 4.78 is 5.44. The quantitative estimate of drug-likeness (QED) is 0.716. The number of carbonyl (C=O) groups excluding carboxylic acids is 2. The van der Waals surface area contributed by atoms with Crippen molar-refractivity contribution >= 4 is 28.7 Å². The van der Waals surface area contributed by atoms with Crippen LogP contribution in [0.3, 0.4) is 0 Å². The molecule has 29 heavy (non-hydrogen) atoms. The summed E-state index contributed by atoms with van der Waals surface area (Å²) in [6, 6.07) is 9.28. The van der Waals surface area contributed by atoms with Gasteiger partial charge < -0.3 is 15.0 Å². The predicted molar refractivity (Wildman–Crippen MR) is 108 cm³/mol. The molecule has 2 aromatic rings. The first-order valence-electron chi connectivity index (χ1n) is 9.91. The Morgan fingerprint density at radius 1 is 1.28 bits per heavy atom. The molecule has 1 aliphatic heterocycles. The molecule has 0 saturated carbocycles. The van der Waals surface area contributed by atoms with Gasteiger partial charge in [-0.3, -0.25) is 9.59 Å². The standard InChI is InChI=1S/C21H25N5O3/c1-3-14(4-2)13-29-21(28)15(11-22)19-20(26-10-9-23-18(27)12-26)25-17-8-6-5-7-16(17)24-19/h5-8,14-15H,3-4,9-10,12-13H2,1-2H3,(H,23,27). The number of piperazine rings is 1. The molecule has 1 fully saturated rings. The first kappa shape index (κ1) is 20.5. The van der Waals surface area contributed by atoms with Gasteiger partial charge >= 0.3 is 5.97 Å². The zero-order valence-electron chi connectivity index (χ0n) is 16.7. The summed E-state index contributed by atoms with van der Waals surface area (Å²) in [4.78, 5) is 35.6. The number of amides is 1. The summed E-state index contributed by atoms with van der Waals surface area (Å²) in [6.45, 7) is 5.43. The average molecular weight is 395 g/mol. The van der Waals surface area contributed by atoms with Crippen LogP contribution in [0, 0.1) is 17.2 Å². The summed E-state index contributed by atoms with van der Waals surface area (Å²) in [5.74, 6) is -1.34. The number of nitrogens with zero attached hydrogens (tertiary/aromatic N) is 4. The molecular formula is C21H25N5O3. The Morgan fingerprint density at radius 3 is 2.59 bits per heavy atom. The Kier molecular flexibility index (Phi) is 6.60. The minimum atomic E-state index is -1.21. The van der Waals surface area contributed by atoms with Crippen molar-refractivity contribution in [3.63, 3.8) is 0 Å². The molecule has 3 rings (SSSR count). The van der Waals surface area contributed by atoms with E-state index in [-0.39, 0.29) is 30.7 Å². The SMILES string of the molecule is CCC(CC)COC(=O)C(C#N)c1nc2ccccc2nc1N1CCNC(=O)C1. The second-order valence-electron chi connectivity index (χ2n) is 7.07. The van der Waals surface area contributed by atoms with Crippen molar-refractivity contribution in [3.05, 3.63) is 30.0 Å². The third-order valence-corrected chi connectivity index (χ3v) is 5.17. The first-order chi connectivity index (χ1) is 14.1. The summed E-state index contributed by atoms with van der Waals surface area (Å²) in [5.41, 5.74) is 1.45. The number of esters is 1. The van der Waals surface area contributed by atoms with Crippen molar-refractivity contribution in [1.29, 1.82) is 5.26 Å².